The molecule has 0 aliphatic heterocycles. The van der Waals surface area contributed by atoms with Crippen molar-refractivity contribution in [3.05, 3.63) is 47.5 Å². The summed E-state index contributed by atoms with van der Waals surface area (Å²) in [5, 5.41) is 3.99. The molecule has 2 aromatic rings. The Balaban J connectivity index is 2.41. The van der Waals surface area contributed by atoms with E-state index in [0.717, 1.165) is 12.0 Å². The maximum Gasteiger partial charge on any atom is 0.214 e. The van der Waals surface area contributed by atoms with Crippen molar-refractivity contribution in [3.8, 4) is 0 Å². The summed E-state index contributed by atoms with van der Waals surface area (Å²) in [6, 6.07) is 3.77. The van der Waals surface area contributed by atoms with Gasteiger partial charge in [-0.05, 0) is 18.1 Å². The van der Waals surface area contributed by atoms with Crippen LogP contribution in [0.3, 0.4) is 0 Å². The Morgan fingerprint density at radius 2 is 2.31 bits per heavy atom. The number of pyridine rings is 1. The van der Waals surface area contributed by atoms with Gasteiger partial charge >= 0.3 is 0 Å². The summed E-state index contributed by atoms with van der Waals surface area (Å²) < 4.78 is 1.61. The third kappa shape index (κ3) is 1.86. The van der Waals surface area contributed by atoms with Crippen LogP contribution in [0.4, 0.5) is 0 Å². The van der Waals surface area contributed by atoms with Gasteiger partial charge in [0.1, 0.15) is 5.69 Å². The van der Waals surface area contributed by atoms with Gasteiger partial charge in [-0.1, -0.05) is 13.0 Å². The van der Waals surface area contributed by atoms with Gasteiger partial charge in [0.15, 0.2) is 0 Å². The van der Waals surface area contributed by atoms with E-state index >= 15 is 0 Å². The molecule has 0 aliphatic rings. The average Bonchev–Trinajstić information content (AvgIpc) is 2.75. The van der Waals surface area contributed by atoms with E-state index in [4.69, 9.17) is 0 Å². The van der Waals surface area contributed by atoms with E-state index in [1.165, 1.54) is 0 Å². The van der Waals surface area contributed by atoms with E-state index in [2.05, 4.69) is 10.1 Å². The summed E-state index contributed by atoms with van der Waals surface area (Å²) in [5.41, 5.74) is 2.07. The molecule has 4 nitrogen and oxygen atoms in total. The highest BCUT2D eigenvalue weighted by atomic mass is 16.1. The number of hydrogen-bond acceptors (Lipinski definition) is 3. The average molecular weight is 215 g/mol. The summed E-state index contributed by atoms with van der Waals surface area (Å²) in [6.07, 6.45) is 5.71. The van der Waals surface area contributed by atoms with Crippen LogP contribution in [-0.4, -0.2) is 20.5 Å². The van der Waals surface area contributed by atoms with Crippen LogP contribution < -0.4 is 0 Å². The largest absolute Gasteiger partial charge is 0.287 e. The van der Waals surface area contributed by atoms with Crippen molar-refractivity contribution in [1.29, 1.82) is 0 Å². The molecule has 2 heterocycles. The Bertz CT molecular complexity index is 516. The second-order valence-corrected chi connectivity index (χ2v) is 3.60. The summed E-state index contributed by atoms with van der Waals surface area (Å²) in [6.45, 7) is 2.01. The lowest BCUT2D eigenvalue weighted by molar-refractivity contribution is 0.103. The van der Waals surface area contributed by atoms with Gasteiger partial charge in [-0.2, -0.15) is 5.10 Å². The molecule has 0 aliphatic carbocycles. The van der Waals surface area contributed by atoms with Crippen molar-refractivity contribution in [2.45, 2.75) is 13.3 Å². The second kappa shape index (κ2) is 4.26. The van der Waals surface area contributed by atoms with E-state index in [0.29, 0.717) is 11.3 Å². The molecule has 0 unspecified atom stereocenters. The maximum absolute atomic E-state index is 12.1. The lowest BCUT2D eigenvalue weighted by Crippen LogP contribution is -2.06. The molecular formula is C12H13N3O. The predicted molar refractivity (Wildman–Crippen MR) is 60.3 cm³/mol. The highest BCUT2D eigenvalue weighted by molar-refractivity contribution is 6.08. The van der Waals surface area contributed by atoms with Crippen molar-refractivity contribution in [1.82, 2.24) is 14.8 Å². The van der Waals surface area contributed by atoms with Gasteiger partial charge in [0.05, 0.1) is 11.8 Å². The summed E-state index contributed by atoms with van der Waals surface area (Å²) in [4.78, 5) is 16.3. The Hall–Kier alpha value is -1.97. The molecule has 0 aromatic carbocycles. The van der Waals surface area contributed by atoms with Gasteiger partial charge in [-0.25, -0.2) is 0 Å². The van der Waals surface area contributed by atoms with Gasteiger partial charge in [0.2, 0.25) is 5.78 Å². The number of aromatic nitrogens is 3. The molecule has 0 fully saturated rings. The fraction of sp³-hybridized carbons (Fsp3) is 0.250. The number of hydrogen-bond donors (Lipinski definition) is 0. The summed E-state index contributed by atoms with van der Waals surface area (Å²) in [5.74, 6) is -0.0643. The van der Waals surface area contributed by atoms with Crippen LogP contribution in [-0.2, 0) is 13.5 Å². The first-order chi connectivity index (χ1) is 7.72. The van der Waals surface area contributed by atoms with E-state index in [1.807, 2.05) is 19.1 Å². The highest BCUT2D eigenvalue weighted by Gasteiger charge is 2.15. The molecule has 0 atom stereocenters. The Kier molecular flexibility index (Phi) is 2.81. The van der Waals surface area contributed by atoms with E-state index in [1.54, 1.807) is 30.3 Å². The SMILES string of the molecule is CCc1cccnc1C(=O)c1cnn(C)c1. The molecule has 0 saturated heterocycles. The van der Waals surface area contributed by atoms with Crippen LogP contribution >= 0.6 is 0 Å². The minimum Gasteiger partial charge on any atom is -0.287 e. The fourth-order valence-electron chi connectivity index (χ4n) is 1.60. The summed E-state index contributed by atoms with van der Waals surface area (Å²) >= 11 is 0. The monoisotopic (exact) mass is 215 g/mol. The van der Waals surface area contributed by atoms with E-state index in [-0.39, 0.29) is 5.78 Å². The van der Waals surface area contributed by atoms with Crippen LogP contribution in [0.2, 0.25) is 0 Å². The number of ketones is 1. The molecule has 0 saturated carbocycles. The Morgan fingerprint density at radius 3 is 2.94 bits per heavy atom. The first-order valence-electron chi connectivity index (χ1n) is 5.19. The maximum atomic E-state index is 12.1. The van der Waals surface area contributed by atoms with Crippen LogP contribution in [0.15, 0.2) is 30.7 Å². The van der Waals surface area contributed by atoms with Gasteiger partial charge in [-0.3, -0.25) is 14.5 Å². The minimum atomic E-state index is -0.0643. The smallest absolute Gasteiger partial charge is 0.214 e. The number of carbonyl (C=O) groups is 1. The molecule has 2 rings (SSSR count). The van der Waals surface area contributed by atoms with E-state index in [9.17, 15) is 4.79 Å². The first kappa shape index (κ1) is 10.5. The van der Waals surface area contributed by atoms with Crippen LogP contribution in [0, 0.1) is 0 Å². The molecule has 82 valence electrons. The Morgan fingerprint density at radius 1 is 1.50 bits per heavy atom. The molecule has 4 heteroatoms. The zero-order chi connectivity index (χ0) is 11.5. The van der Waals surface area contributed by atoms with Crippen molar-refractivity contribution in [3.63, 3.8) is 0 Å². The number of carbonyl (C=O) groups excluding carboxylic acids is 1. The highest BCUT2D eigenvalue weighted by Crippen LogP contribution is 2.11. The topological polar surface area (TPSA) is 47.8 Å². The van der Waals surface area contributed by atoms with Crippen LogP contribution in [0.1, 0.15) is 28.5 Å². The fourth-order valence-corrected chi connectivity index (χ4v) is 1.60. The lowest BCUT2D eigenvalue weighted by atomic mass is 10.0. The quantitative estimate of drug-likeness (QED) is 0.731. The van der Waals surface area contributed by atoms with Gasteiger partial charge in [0.25, 0.3) is 0 Å². The minimum absolute atomic E-state index is 0.0643. The van der Waals surface area contributed by atoms with Crippen molar-refractivity contribution in [2.75, 3.05) is 0 Å². The molecule has 16 heavy (non-hydrogen) atoms. The van der Waals surface area contributed by atoms with Gasteiger partial charge in [0, 0.05) is 19.4 Å². The third-order valence-corrected chi connectivity index (χ3v) is 2.45. The number of rotatable bonds is 3. The molecule has 0 radical (unpaired) electrons. The van der Waals surface area contributed by atoms with E-state index < -0.39 is 0 Å². The predicted octanol–water partition coefficient (Wildman–Crippen LogP) is 1.61. The molecule has 0 bridgehead atoms. The van der Waals surface area contributed by atoms with Gasteiger partial charge in [-0.15, -0.1) is 0 Å². The number of aryl methyl sites for hydroxylation is 2. The normalized spacial score (nSPS) is 10.4. The molecular weight excluding hydrogens is 202 g/mol. The third-order valence-electron chi connectivity index (χ3n) is 2.45. The van der Waals surface area contributed by atoms with Crippen molar-refractivity contribution in [2.24, 2.45) is 7.05 Å². The van der Waals surface area contributed by atoms with Crippen molar-refractivity contribution < 1.29 is 4.79 Å². The van der Waals surface area contributed by atoms with Crippen LogP contribution in [0.5, 0.6) is 0 Å². The van der Waals surface area contributed by atoms with Crippen LogP contribution in [0.25, 0.3) is 0 Å². The number of nitrogens with zero attached hydrogens (tertiary/aromatic N) is 3. The zero-order valence-corrected chi connectivity index (χ0v) is 9.34. The zero-order valence-electron chi connectivity index (χ0n) is 9.34. The molecule has 0 N–H and O–H groups in total. The molecule has 0 amide bonds. The molecule has 0 spiro atoms. The van der Waals surface area contributed by atoms with Crippen molar-refractivity contribution >= 4 is 5.78 Å². The molecule has 2 aromatic heterocycles. The second-order valence-electron chi connectivity index (χ2n) is 3.60. The first-order valence-corrected chi connectivity index (χ1v) is 5.19. The Labute approximate surface area is 93.9 Å². The lowest BCUT2D eigenvalue weighted by Gasteiger charge is -2.03. The van der Waals surface area contributed by atoms with Gasteiger partial charge < -0.3 is 0 Å². The standard InChI is InChI=1S/C12H13N3O/c1-3-9-5-4-6-13-11(9)12(16)10-7-14-15(2)8-10/h4-8H,3H2,1-2H3. The summed E-state index contributed by atoms with van der Waals surface area (Å²) in [7, 11) is 1.79.